The second kappa shape index (κ2) is 3.63. The Hall–Kier alpha value is -0.830. The maximum Gasteiger partial charge on any atom is 0.309 e. The van der Waals surface area contributed by atoms with Crippen LogP contribution >= 0.6 is 15.9 Å². The molecule has 1 saturated carbocycles. The summed E-state index contributed by atoms with van der Waals surface area (Å²) in [7, 11) is 0. The Morgan fingerprint density at radius 2 is 2.20 bits per heavy atom. The molecular weight excluding hydrogens is 256 g/mol. The molecule has 1 N–H and O–H groups in total. The van der Waals surface area contributed by atoms with Crippen molar-refractivity contribution in [3.8, 4) is 0 Å². The van der Waals surface area contributed by atoms with Crippen molar-refractivity contribution in [1.29, 1.82) is 0 Å². The minimum Gasteiger partial charge on any atom is -0.481 e. The molecule has 0 bridgehead atoms. The van der Waals surface area contributed by atoms with Crippen LogP contribution in [0.2, 0.25) is 0 Å². The first-order valence-electron chi connectivity index (χ1n) is 5.02. The number of carboxylic acids is 1. The van der Waals surface area contributed by atoms with E-state index in [4.69, 9.17) is 5.11 Å². The number of aryl methyl sites for hydroxylation is 1. The minimum atomic E-state index is -0.650. The van der Waals surface area contributed by atoms with Gasteiger partial charge in [-0.1, -0.05) is 28.1 Å². The highest BCUT2D eigenvalue weighted by Crippen LogP contribution is 2.48. The van der Waals surface area contributed by atoms with Crippen LogP contribution in [0.1, 0.15) is 24.0 Å². The van der Waals surface area contributed by atoms with Crippen LogP contribution in [0.4, 0.5) is 0 Å². The highest BCUT2D eigenvalue weighted by atomic mass is 79.9. The summed E-state index contributed by atoms with van der Waals surface area (Å²) < 4.78 is 1.08. The molecule has 0 atom stereocenters. The fourth-order valence-corrected chi connectivity index (χ4v) is 2.07. The van der Waals surface area contributed by atoms with Crippen molar-refractivity contribution < 1.29 is 9.90 Å². The van der Waals surface area contributed by atoms with Crippen molar-refractivity contribution in [2.45, 2.75) is 26.2 Å². The maximum absolute atomic E-state index is 11.0. The van der Waals surface area contributed by atoms with Gasteiger partial charge in [0.1, 0.15) is 0 Å². The number of rotatable bonds is 3. The molecule has 0 saturated heterocycles. The Morgan fingerprint density at radius 1 is 1.53 bits per heavy atom. The van der Waals surface area contributed by atoms with Crippen LogP contribution in [0.5, 0.6) is 0 Å². The summed E-state index contributed by atoms with van der Waals surface area (Å²) in [5.41, 5.74) is 1.82. The SMILES string of the molecule is Cc1cc(CC2(C(=O)O)CC2)ccc1Br. The number of benzene rings is 1. The minimum absolute atomic E-state index is 0.458. The van der Waals surface area contributed by atoms with E-state index < -0.39 is 11.4 Å². The standard InChI is InChI=1S/C12H13BrO2/c1-8-6-9(2-3-10(8)13)7-12(4-5-12)11(14)15/h2-3,6H,4-5,7H2,1H3,(H,14,15). The molecule has 0 heterocycles. The van der Waals surface area contributed by atoms with Gasteiger partial charge >= 0.3 is 5.97 Å². The van der Waals surface area contributed by atoms with Gasteiger partial charge in [0.25, 0.3) is 0 Å². The molecule has 1 aliphatic carbocycles. The molecule has 1 aromatic carbocycles. The molecule has 2 nitrogen and oxygen atoms in total. The van der Waals surface area contributed by atoms with Crippen molar-refractivity contribution in [2.75, 3.05) is 0 Å². The zero-order chi connectivity index (χ0) is 11.1. The summed E-state index contributed by atoms with van der Waals surface area (Å²) in [5.74, 6) is -0.650. The van der Waals surface area contributed by atoms with Gasteiger partial charge in [-0.15, -0.1) is 0 Å². The first-order chi connectivity index (χ1) is 7.03. The number of carboxylic acid groups (broad SMARTS) is 1. The monoisotopic (exact) mass is 268 g/mol. The first-order valence-corrected chi connectivity index (χ1v) is 5.81. The third-order valence-electron chi connectivity index (χ3n) is 3.07. The third-order valence-corrected chi connectivity index (χ3v) is 3.96. The zero-order valence-electron chi connectivity index (χ0n) is 8.59. The van der Waals surface area contributed by atoms with Gasteiger partial charge in [-0.2, -0.15) is 0 Å². The van der Waals surface area contributed by atoms with Gasteiger partial charge in [-0.05, 0) is 43.4 Å². The van der Waals surface area contributed by atoms with Crippen LogP contribution in [0, 0.1) is 12.3 Å². The molecule has 0 aliphatic heterocycles. The van der Waals surface area contributed by atoms with E-state index in [2.05, 4.69) is 22.0 Å². The van der Waals surface area contributed by atoms with Gasteiger partial charge in [0, 0.05) is 4.47 Å². The van der Waals surface area contributed by atoms with Crippen LogP contribution in [0.15, 0.2) is 22.7 Å². The lowest BCUT2D eigenvalue weighted by Crippen LogP contribution is -2.17. The average Bonchev–Trinajstić information content (AvgIpc) is 2.93. The van der Waals surface area contributed by atoms with E-state index in [1.54, 1.807) is 0 Å². The highest BCUT2D eigenvalue weighted by molar-refractivity contribution is 9.10. The second-order valence-electron chi connectivity index (χ2n) is 4.35. The predicted octanol–water partition coefficient (Wildman–Crippen LogP) is 3.16. The molecule has 0 spiro atoms. The second-order valence-corrected chi connectivity index (χ2v) is 5.20. The van der Waals surface area contributed by atoms with E-state index >= 15 is 0 Å². The lowest BCUT2D eigenvalue weighted by atomic mass is 9.96. The Labute approximate surface area is 97.4 Å². The largest absolute Gasteiger partial charge is 0.481 e. The molecule has 0 aromatic heterocycles. The molecule has 2 rings (SSSR count). The summed E-state index contributed by atoms with van der Waals surface area (Å²) in [6.07, 6.45) is 2.30. The lowest BCUT2D eigenvalue weighted by Gasteiger charge is -2.10. The van der Waals surface area contributed by atoms with E-state index in [1.165, 1.54) is 0 Å². The van der Waals surface area contributed by atoms with E-state index in [0.29, 0.717) is 6.42 Å². The van der Waals surface area contributed by atoms with E-state index in [0.717, 1.165) is 28.4 Å². The van der Waals surface area contributed by atoms with Crippen LogP contribution < -0.4 is 0 Å². The van der Waals surface area contributed by atoms with Crippen molar-refractivity contribution in [1.82, 2.24) is 0 Å². The summed E-state index contributed by atoms with van der Waals surface area (Å²) in [4.78, 5) is 11.0. The summed E-state index contributed by atoms with van der Waals surface area (Å²) in [6.45, 7) is 2.02. The van der Waals surface area contributed by atoms with Gasteiger partial charge in [0.2, 0.25) is 0 Å². The van der Waals surface area contributed by atoms with Crippen molar-refractivity contribution in [3.63, 3.8) is 0 Å². The lowest BCUT2D eigenvalue weighted by molar-refractivity contribution is -0.143. The summed E-state index contributed by atoms with van der Waals surface area (Å²) in [5, 5.41) is 9.08. The van der Waals surface area contributed by atoms with Crippen LogP contribution in [0.3, 0.4) is 0 Å². The number of hydrogen-bond donors (Lipinski definition) is 1. The van der Waals surface area contributed by atoms with E-state index in [9.17, 15) is 4.79 Å². The quantitative estimate of drug-likeness (QED) is 0.915. The average molecular weight is 269 g/mol. The number of halogens is 1. The molecule has 0 unspecified atom stereocenters. The molecule has 3 heteroatoms. The Kier molecular flexibility index (Phi) is 2.59. The molecule has 80 valence electrons. The van der Waals surface area contributed by atoms with Crippen molar-refractivity contribution in [2.24, 2.45) is 5.41 Å². The normalized spacial score (nSPS) is 17.5. The maximum atomic E-state index is 11.0. The Morgan fingerprint density at radius 3 is 2.67 bits per heavy atom. The number of carbonyl (C=O) groups is 1. The van der Waals surface area contributed by atoms with Gasteiger partial charge in [-0.3, -0.25) is 4.79 Å². The Balaban J connectivity index is 2.18. The fourth-order valence-electron chi connectivity index (χ4n) is 1.82. The number of aliphatic carboxylic acids is 1. The van der Waals surface area contributed by atoms with Gasteiger partial charge < -0.3 is 5.11 Å². The molecule has 1 fully saturated rings. The molecule has 15 heavy (non-hydrogen) atoms. The molecule has 1 aliphatic rings. The van der Waals surface area contributed by atoms with Crippen LogP contribution in [-0.2, 0) is 11.2 Å². The predicted molar refractivity (Wildman–Crippen MR) is 61.9 cm³/mol. The van der Waals surface area contributed by atoms with Crippen LogP contribution in [-0.4, -0.2) is 11.1 Å². The topological polar surface area (TPSA) is 37.3 Å². The van der Waals surface area contributed by atoms with Crippen molar-refractivity contribution >= 4 is 21.9 Å². The summed E-state index contributed by atoms with van der Waals surface area (Å²) in [6, 6.07) is 6.05. The van der Waals surface area contributed by atoms with E-state index in [1.807, 2.05) is 19.1 Å². The smallest absolute Gasteiger partial charge is 0.309 e. The summed E-state index contributed by atoms with van der Waals surface area (Å²) >= 11 is 3.44. The van der Waals surface area contributed by atoms with Gasteiger partial charge in [0.15, 0.2) is 0 Å². The van der Waals surface area contributed by atoms with Crippen LogP contribution in [0.25, 0.3) is 0 Å². The third kappa shape index (κ3) is 2.07. The molecule has 0 amide bonds. The Bertz CT molecular complexity index is 408. The van der Waals surface area contributed by atoms with Gasteiger partial charge in [-0.25, -0.2) is 0 Å². The fraction of sp³-hybridized carbons (Fsp3) is 0.417. The molecular formula is C12H13BrO2. The highest BCUT2D eigenvalue weighted by Gasteiger charge is 2.49. The van der Waals surface area contributed by atoms with E-state index in [-0.39, 0.29) is 0 Å². The first kappa shape index (κ1) is 10.7. The molecule has 0 radical (unpaired) electrons. The number of hydrogen-bond acceptors (Lipinski definition) is 1. The molecule has 1 aromatic rings. The zero-order valence-corrected chi connectivity index (χ0v) is 10.2. The van der Waals surface area contributed by atoms with Crippen molar-refractivity contribution in [3.05, 3.63) is 33.8 Å². The van der Waals surface area contributed by atoms with Gasteiger partial charge in [0.05, 0.1) is 5.41 Å².